The first-order valence-corrected chi connectivity index (χ1v) is 0.885. The number of hydrogen-bond acceptors (Lipinski definition) is 0. The first kappa shape index (κ1) is 23.8. The first-order valence-electron chi connectivity index (χ1n) is 0.885. The molecule has 0 aliphatic rings. The highest BCUT2D eigenvalue weighted by Gasteiger charge is 1.78. The van der Waals surface area contributed by atoms with Crippen molar-refractivity contribution in [1.29, 1.82) is 0 Å². The van der Waals surface area contributed by atoms with Crippen LogP contribution in [0.4, 0.5) is 13.2 Å². The number of halogens is 6. The van der Waals surface area contributed by atoms with Crippen molar-refractivity contribution in [1.82, 2.24) is 0 Å². The second-order valence-corrected chi connectivity index (χ2v) is 0.399. The Balaban J connectivity index is -0.0000000267. The quantitative estimate of drug-likeness (QED) is 0.552. The lowest BCUT2D eigenvalue weighted by atomic mass is 11.1. The second-order valence-electron chi connectivity index (χ2n) is 0.399. The summed E-state index contributed by atoms with van der Waals surface area (Å²) in [7, 11) is 0. The smallest absolute Gasteiger partial charge is 0.210 e. The summed E-state index contributed by atoms with van der Waals surface area (Å²) in [6.45, 7) is 0. The Bertz CT molecular complexity index is 50.5. The van der Waals surface area contributed by atoms with E-state index >= 15 is 0 Å². The molecule has 0 aliphatic heterocycles. The highest BCUT2D eigenvalue weighted by molar-refractivity contribution is 5.86. The molecule has 0 bridgehead atoms. The normalized spacial score (nSPS) is 4.38. The summed E-state index contributed by atoms with van der Waals surface area (Å²) in [4.78, 5) is 0. The molecule has 0 fully saturated rings. The minimum Gasteiger partial charge on any atom is -0.210 e. The summed E-state index contributed by atoms with van der Waals surface area (Å²) in [6.07, 6.45) is -3.04. The molecule has 0 saturated carbocycles. The fourth-order valence-electron chi connectivity index (χ4n) is 0. The van der Waals surface area contributed by atoms with Crippen molar-refractivity contribution in [2.45, 2.75) is 0 Å². The molecule has 0 aromatic heterocycles. The van der Waals surface area contributed by atoms with Gasteiger partial charge in [0.15, 0.2) is 6.33 Å². The number of rotatable bonds is 0. The van der Waals surface area contributed by atoms with Gasteiger partial charge in [-0.2, -0.15) is 8.78 Å². The molecule has 0 atom stereocenters. The maximum Gasteiger partial charge on any atom is 0.298 e. The molecule has 0 aliphatic carbocycles. The topological polar surface area (TPSA) is 0 Å². The zero-order chi connectivity index (χ0) is 4.28. The summed E-state index contributed by atoms with van der Waals surface area (Å²) >= 11 is 0. The monoisotopic (exact) mass is 190 g/mol. The Hall–Kier alpha value is 0.400. The third-order valence-electron chi connectivity index (χ3n) is 0.0825. The van der Waals surface area contributed by atoms with Gasteiger partial charge >= 0.3 is 0 Å². The maximum atomic E-state index is 10.2. The van der Waals surface area contributed by atoms with Gasteiger partial charge in [-0.15, -0.1) is 37.2 Å². The van der Waals surface area contributed by atoms with Crippen LogP contribution in [0.25, 0.3) is 0 Å². The lowest BCUT2D eigenvalue weighted by molar-refractivity contribution is 0.400. The van der Waals surface area contributed by atoms with Crippen LogP contribution < -0.4 is 0 Å². The zero-order valence-corrected chi connectivity index (χ0v) is 5.89. The predicted octanol–water partition coefficient (Wildman–Crippen LogP) is 2.96. The molecule has 0 N–H and O–H groups in total. The Kier molecular flexibility index (Phi) is 46.5. The van der Waals surface area contributed by atoms with E-state index in [0.29, 0.717) is 0 Å². The standard InChI is InChI=1S/C2HF3.3ClH/c3-1-2(4)5;;;/h1H;3*1H. The van der Waals surface area contributed by atoms with Gasteiger partial charge in [0, 0.05) is 0 Å². The van der Waals surface area contributed by atoms with Crippen LogP contribution in [0.1, 0.15) is 0 Å². The molecule has 0 nitrogen and oxygen atoms in total. The van der Waals surface area contributed by atoms with E-state index in [1.54, 1.807) is 0 Å². The van der Waals surface area contributed by atoms with Crippen LogP contribution in [-0.2, 0) is 0 Å². The van der Waals surface area contributed by atoms with E-state index in [9.17, 15) is 13.2 Å². The SMILES string of the molecule is Cl.Cl.Cl.FC=C(F)F. The minimum atomic E-state index is -2.29. The zero-order valence-electron chi connectivity index (χ0n) is 3.44. The summed E-state index contributed by atoms with van der Waals surface area (Å²) in [6, 6.07) is 0. The van der Waals surface area contributed by atoms with Crippen LogP contribution in [0.15, 0.2) is 12.4 Å². The Morgan fingerprint density at radius 1 is 1.00 bits per heavy atom. The fraction of sp³-hybridized carbons (Fsp3) is 0. The Morgan fingerprint density at radius 2 is 1.12 bits per heavy atom. The highest BCUT2D eigenvalue weighted by Crippen LogP contribution is 1.93. The minimum absolute atomic E-state index is 0. The molecule has 0 radical (unpaired) electrons. The number of hydrogen-bond donors (Lipinski definition) is 0. The van der Waals surface area contributed by atoms with E-state index in [-0.39, 0.29) is 37.2 Å². The van der Waals surface area contributed by atoms with Gasteiger partial charge < -0.3 is 0 Å². The van der Waals surface area contributed by atoms with Crippen LogP contribution in [0.5, 0.6) is 0 Å². The Morgan fingerprint density at radius 3 is 1.12 bits per heavy atom. The second kappa shape index (κ2) is 15.7. The van der Waals surface area contributed by atoms with Gasteiger partial charge in [0.05, 0.1) is 0 Å². The van der Waals surface area contributed by atoms with Crippen LogP contribution in [-0.4, -0.2) is 0 Å². The summed E-state index contributed by atoms with van der Waals surface area (Å²) in [5.74, 6) is 0. The van der Waals surface area contributed by atoms with Crippen LogP contribution in [0.2, 0.25) is 0 Å². The molecule has 0 rings (SSSR count). The van der Waals surface area contributed by atoms with E-state index < -0.39 is 12.4 Å². The molecule has 6 heteroatoms. The fourth-order valence-corrected chi connectivity index (χ4v) is 0. The molecule has 0 saturated heterocycles. The van der Waals surface area contributed by atoms with E-state index in [4.69, 9.17) is 0 Å². The van der Waals surface area contributed by atoms with Crippen molar-refractivity contribution in [2.75, 3.05) is 0 Å². The van der Waals surface area contributed by atoms with E-state index in [0.717, 1.165) is 0 Å². The molecule has 0 aromatic rings. The van der Waals surface area contributed by atoms with Gasteiger partial charge in [-0.05, 0) is 0 Å². The first-order chi connectivity index (χ1) is 2.27. The summed E-state index contributed by atoms with van der Waals surface area (Å²) in [5.41, 5.74) is 0. The van der Waals surface area contributed by atoms with E-state index in [2.05, 4.69) is 0 Å². The summed E-state index contributed by atoms with van der Waals surface area (Å²) < 4.78 is 30.7. The van der Waals surface area contributed by atoms with Crippen molar-refractivity contribution in [3.63, 3.8) is 0 Å². The predicted molar refractivity (Wildman–Crippen MR) is 33.2 cm³/mol. The molecule has 0 spiro atoms. The van der Waals surface area contributed by atoms with Crippen LogP contribution >= 0.6 is 37.2 Å². The third-order valence-corrected chi connectivity index (χ3v) is 0.0825. The maximum absolute atomic E-state index is 10.2. The van der Waals surface area contributed by atoms with E-state index in [1.807, 2.05) is 0 Å². The van der Waals surface area contributed by atoms with Crippen molar-refractivity contribution in [3.05, 3.63) is 12.4 Å². The van der Waals surface area contributed by atoms with E-state index in [1.165, 1.54) is 0 Å². The van der Waals surface area contributed by atoms with Gasteiger partial charge in [-0.1, -0.05) is 0 Å². The molecular weight excluding hydrogens is 187 g/mol. The molecule has 54 valence electrons. The third kappa shape index (κ3) is 32.4. The van der Waals surface area contributed by atoms with Gasteiger partial charge in [-0.25, -0.2) is 4.39 Å². The molecular formula is C2H4Cl3F3. The molecule has 0 amide bonds. The van der Waals surface area contributed by atoms with Gasteiger partial charge in [0.2, 0.25) is 0 Å². The highest BCUT2D eigenvalue weighted by atomic mass is 35.5. The average Bonchev–Trinajstić information content (AvgIpc) is 1.38. The van der Waals surface area contributed by atoms with Gasteiger partial charge in [0.25, 0.3) is 6.08 Å². The van der Waals surface area contributed by atoms with Crippen LogP contribution in [0, 0.1) is 0 Å². The lowest BCUT2D eigenvalue weighted by Crippen LogP contribution is -1.42. The van der Waals surface area contributed by atoms with Gasteiger partial charge in [0.1, 0.15) is 0 Å². The van der Waals surface area contributed by atoms with Gasteiger partial charge in [-0.3, -0.25) is 0 Å². The van der Waals surface area contributed by atoms with Crippen molar-refractivity contribution in [3.8, 4) is 0 Å². The van der Waals surface area contributed by atoms with Crippen molar-refractivity contribution in [2.24, 2.45) is 0 Å². The molecule has 0 unspecified atom stereocenters. The van der Waals surface area contributed by atoms with Crippen molar-refractivity contribution < 1.29 is 13.2 Å². The summed E-state index contributed by atoms with van der Waals surface area (Å²) in [5, 5.41) is 0. The molecule has 0 aromatic carbocycles. The lowest BCUT2D eigenvalue weighted by Gasteiger charge is -1.59. The molecule has 0 heterocycles. The largest absolute Gasteiger partial charge is 0.298 e. The molecule has 8 heavy (non-hydrogen) atoms. The Labute approximate surface area is 63.4 Å². The average molecular weight is 191 g/mol. The van der Waals surface area contributed by atoms with Crippen LogP contribution in [0.3, 0.4) is 0 Å². The van der Waals surface area contributed by atoms with Crippen molar-refractivity contribution >= 4 is 37.2 Å².